The van der Waals surface area contributed by atoms with Crippen LogP contribution in [-0.2, 0) is 10.0 Å². The summed E-state index contributed by atoms with van der Waals surface area (Å²) in [4.78, 5) is 7.99. The quantitative estimate of drug-likeness (QED) is 0.607. The Kier molecular flexibility index (Phi) is 4.33. The first-order chi connectivity index (χ1) is 12.8. The van der Waals surface area contributed by atoms with E-state index in [4.69, 9.17) is 0 Å². The third-order valence-electron chi connectivity index (χ3n) is 4.85. The minimum atomic E-state index is -3.70. The molecule has 0 amide bonds. The Morgan fingerprint density at radius 1 is 1.22 bits per heavy atom. The molecular formula is C20H23N3O3S. The molecule has 4 rings (SSSR count). The highest BCUT2D eigenvalue weighted by Crippen LogP contribution is 2.41. The number of fused-ring (bicyclic) bond motifs is 1. The molecule has 0 saturated heterocycles. The van der Waals surface area contributed by atoms with Gasteiger partial charge in [-0.3, -0.25) is 0 Å². The molecule has 1 aliphatic rings. The first-order valence-electron chi connectivity index (χ1n) is 9.02. The van der Waals surface area contributed by atoms with Gasteiger partial charge in [-0.2, -0.15) is 0 Å². The van der Waals surface area contributed by atoms with Gasteiger partial charge in [-0.25, -0.2) is 18.1 Å². The summed E-state index contributed by atoms with van der Waals surface area (Å²) < 4.78 is 27.5. The number of pyridine rings is 1. The first kappa shape index (κ1) is 18.2. The summed E-state index contributed by atoms with van der Waals surface area (Å²) in [7, 11) is -3.70. The normalized spacial score (nSPS) is 15.4. The number of aliphatic hydroxyl groups excluding tert-OH is 1. The summed E-state index contributed by atoms with van der Waals surface area (Å²) >= 11 is 0. The zero-order valence-corrected chi connectivity index (χ0v) is 16.2. The largest absolute Gasteiger partial charge is 0.394 e. The van der Waals surface area contributed by atoms with Gasteiger partial charge in [-0.05, 0) is 68.0 Å². The van der Waals surface area contributed by atoms with Crippen LogP contribution in [-0.4, -0.2) is 35.6 Å². The van der Waals surface area contributed by atoms with Gasteiger partial charge in [0.2, 0.25) is 10.0 Å². The van der Waals surface area contributed by atoms with Crippen molar-refractivity contribution in [2.24, 2.45) is 0 Å². The van der Waals surface area contributed by atoms with E-state index in [-0.39, 0.29) is 11.5 Å². The SMILES string of the molecule is CC(C)(CO)NS(=O)(=O)c1ccc(-c2ccnc3[nH]c(C4CC4)cc23)cc1. The molecule has 0 atom stereocenters. The third kappa shape index (κ3) is 3.63. The van der Waals surface area contributed by atoms with E-state index in [9.17, 15) is 13.5 Å². The smallest absolute Gasteiger partial charge is 0.241 e. The van der Waals surface area contributed by atoms with Crippen LogP contribution in [0.2, 0.25) is 0 Å². The summed E-state index contributed by atoms with van der Waals surface area (Å²) in [6.07, 6.45) is 4.19. The van der Waals surface area contributed by atoms with Crippen LogP contribution in [0.5, 0.6) is 0 Å². The number of hydrogen-bond acceptors (Lipinski definition) is 4. The molecule has 1 aromatic carbocycles. The van der Waals surface area contributed by atoms with Gasteiger partial charge in [0.05, 0.1) is 17.0 Å². The maximum atomic E-state index is 12.5. The van der Waals surface area contributed by atoms with Crippen molar-refractivity contribution < 1.29 is 13.5 Å². The van der Waals surface area contributed by atoms with Crippen molar-refractivity contribution in [2.45, 2.75) is 43.0 Å². The lowest BCUT2D eigenvalue weighted by atomic mass is 10.0. The van der Waals surface area contributed by atoms with Gasteiger partial charge >= 0.3 is 0 Å². The van der Waals surface area contributed by atoms with Gasteiger partial charge in [0, 0.05) is 17.3 Å². The van der Waals surface area contributed by atoms with Gasteiger partial charge in [-0.15, -0.1) is 0 Å². The molecule has 1 saturated carbocycles. The zero-order valence-electron chi connectivity index (χ0n) is 15.4. The second kappa shape index (κ2) is 6.44. The van der Waals surface area contributed by atoms with Gasteiger partial charge in [0.25, 0.3) is 0 Å². The molecule has 3 N–H and O–H groups in total. The minimum Gasteiger partial charge on any atom is -0.394 e. The Balaban J connectivity index is 1.67. The van der Waals surface area contributed by atoms with Gasteiger partial charge in [0.15, 0.2) is 0 Å². The van der Waals surface area contributed by atoms with Crippen LogP contribution in [0.15, 0.2) is 47.5 Å². The Bertz CT molecular complexity index is 1080. The second-order valence-electron chi connectivity index (χ2n) is 7.79. The number of nitrogens with one attached hydrogen (secondary N) is 2. The highest BCUT2D eigenvalue weighted by Gasteiger charge is 2.27. The number of aromatic amines is 1. The lowest BCUT2D eigenvalue weighted by molar-refractivity contribution is 0.208. The molecule has 2 heterocycles. The summed E-state index contributed by atoms with van der Waals surface area (Å²) in [6, 6.07) is 10.9. The first-order valence-corrected chi connectivity index (χ1v) is 10.5. The Morgan fingerprint density at radius 3 is 2.56 bits per heavy atom. The van der Waals surface area contributed by atoms with Crippen molar-refractivity contribution in [1.82, 2.24) is 14.7 Å². The van der Waals surface area contributed by atoms with Crippen LogP contribution in [0.4, 0.5) is 0 Å². The number of rotatable bonds is 6. The predicted octanol–water partition coefficient (Wildman–Crippen LogP) is 3.16. The van der Waals surface area contributed by atoms with Crippen molar-refractivity contribution in [2.75, 3.05) is 6.61 Å². The van der Waals surface area contributed by atoms with Crippen LogP contribution >= 0.6 is 0 Å². The Labute approximate surface area is 158 Å². The van der Waals surface area contributed by atoms with Gasteiger partial charge < -0.3 is 10.1 Å². The number of benzene rings is 1. The second-order valence-corrected chi connectivity index (χ2v) is 9.47. The van der Waals surface area contributed by atoms with Crippen molar-refractivity contribution in [1.29, 1.82) is 0 Å². The molecule has 1 fully saturated rings. The van der Waals surface area contributed by atoms with Crippen molar-refractivity contribution >= 4 is 21.1 Å². The van der Waals surface area contributed by atoms with Crippen molar-refractivity contribution in [3.05, 3.63) is 48.3 Å². The molecule has 2 aromatic heterocycles. The molecule has 0 unspecified atom stereocenters. The van der Waals surface area contributed by atoms with Crippen molar-refractivity contribution in [3.8, 4) is 11.1 Å². The van der Waals surface area contributed by atoms with Crippen LogP contribution in [0.1, 0.15) is 38.3 Å². The topological polar surface area (TPSA) is 95.1 Å². The number of sulfonamides is 1. The monoisotopic (exact) mass is 385 g/mol. The lowest BCUT2D eigenvalue weighted by Crippen LogP contribution is -2.46. The van der Waals surface area contributed by atoms with E-state index >= 15 is 0 Å². The lowest BCUT2D eigenvalue weighted by Gasteiger charge is -2.23. The van der Waals surface area contributed by atoms with E-state index in [1.807, 2.05) is 6.07 Å². The average Bonchev–Trinajstić information content (AvgIpc) is 3.39. The maximum Gasteiger partial charge on any atom is 0.241 e. The number of aliphatic hydroxyl groups is 1. The fourth-order valence-electron chi connectivity index (χ4n) is 3.18. The average molecular weight is 385 g/mol. The van der Waals surface area contributed by atoms with Gasteiger partial charge in [0.1, 0.15) is 5.65 Å². The summed E-state index contributed by atoms with van der Waals surface area (Å²) in [5, 5.41) is 10.4. The summed E-state index contributed by atoms with van der Waals surface area (Å²) in [6.45, 7) is 2.99. The molecule has 6 nitrogen and oxygen atoms in total. The Hall–Kier alpha value is -2.22. The van der Waals surface area contributed by atoms with E-state index in [0.717, 1.165) is 22.2 Å². The number of nitrogens with zero attached hydrogens (tertiary/aromatic N) is 1. The molecule has 3 aromatic rings. The van der Waals surface area contributed by atoms with Crippen LogP contribution in [0.25, 0.3) is 22.2 Å². The zero-order chi connectivity index (χ0) is 19.2. The van der Waals surface area contributed by atoms with E-state index in [0.29, 0.717) is 5.92 Å². The molecule has 0 spiro atoms. The maximum absolute atomic E-state index is 12.5. The predicted molar refractivity (Wildman–Crippen MR) is 105 cm³/mol. The van der Waals surface area contributed by atoms with Crippen LogP contribution in [0, 0.1) is 0 Å². The minimum absolute atomic E-state index is 0.172. The fraction of sp³-hybridized carbons (Fsp3) is 0.350. The molecule has 0 radical (unpaired) electrons. The molecule has 0 aliphatic heterocycles. The highest BCUT2D eigenvalue weighted by atomic mass is 32.2. The fourth-order valence-corrected chi connectivity index (χ4v) is 4.59. The van der Waals surface area contributed by atoms with E-state index in [2.05, 4.69) is 20.8 Å². The molecule has 0 bridgehead atoms. The van der Waals surface area contributed by atoms with E-state index in [1.165, 1.54) is 18.5 Å². The summed E-state index contributed by atoms with van der Waals surface area (Å²) in [5.74, 6) is 0.612. The Morgan fingerprint density at radius 2 is 1.93 bits per heavy atom. The molecule has 142 valence electrons. The molecular weight excluding hydrogens is 362 g/mol. The molecule has 1 aliphatic carbocycles. The number of H-pyrrole nitrogens is 1. The third-order valence-corrected chi connectivity index (χ3v) is 6.57. The molecule has 27 heavy (non-hydrogen) atoms. The summed E-state index contributed by atoms with van der Waals surface area (Å²) in [5.41, 5.74) is 3.12. The van der Waals surface area contributed by atoms with E-state index in [1.54, 1.807) is 44.3 Å². The number of hydrogen-bond donors (Lipinski definition) is 3. The molecule has 7 heteroatoms. The van der Waals surface area contributed by atoms with E-state index < -0.39 is 15.6 Å². The van der Waals surface area contributed by atoms with Crippen molar-refractivity contribution in [3.63, 3.8) is 0 Å². The number of aromatic nitrogens is 2. The van der Waals surface area contributed by atoms with Crippen LogP contribution in [0.3, 0.4) is 0 Å². The highest BCUT2D eigenvalue weighted by molar-refractivity contribution is 7.89. The van der Waals surface area contributed by atoms with Gasteiger partial charge in [-0.1, -0.05) is 12.1 Å². The van der Waals surface area contributed by atoms with Crippen LogP contribution < -0.4 is 4.72 Å². The standard InChI is InChI=1S/C20H23N3O3S/c1-20(2,12-24)23-27(25,26)15-7-5-13(6-8-15)16-9-10-21-19-17(16)11-18(22-19)14-3-4-14/h5-11,14,23-24H,3-4,12H2,1-2H3,(H,21,22).